The number of halogens is 1. The zero-order valence-corrected chi connectivity index (χ0v) is 18.5. The molecule has 0 aliphatic carbocycles. The van der Waals surface area contributed by atoms with Crippen LogP contribution in [0, 0.1) is 5.82 Å². The fourth-order valence-corrected chi connectivity index (χ4v) is 5.11. The van der Waals surface area contributed by atoms with Crippen LogP contribution in [-0.4, -0.2) is 34.9 Å². The molecule has 0 aliphatic heterocycles. The summed E-state index contributed by atoms with van der Waals surface area (Å²) in [4.78, 5) is 15.6. The smallest absolute Gasteiger partial charge is 0.408 e. The predicted octanol–water partition coefficient (Wildman–Crippen LogP) is 3.54. The monoisotopic (exact) mass is 452 g/mol. The molecule has 3 rings (SSSR count). The third kappa shape index (κ3) is 5.22. The quantitative estimate of drug-likeness (QED) is 0.635. The van der Waals surface area contributed by atoms with Crippen molar-refractivity contribution in [2.45, 2.75) is 42.0 Å². The van der Waals surface area contributed by atoms with Gasteiger partial charge in [0, 0.05) is 18.8 Å². The second-order valence-corrected chi connectivity index (χ2v) is 10.8. The lowest BCUT2D eigenvalue weighted by Gasteiger charge is -2.19. The van der Waals surface area contributed by atoms with E-state index in [4.69, 9.17) is 4.74 Å². The molecule has 0 fully saturated rings. The van der Waals surface area contributed by atoms with E-state index in [0.29, 0.717) is 16.1 Å². The van der Waals surface area contributed by atoms with Crippen molar-refractivity contribution in [3.8, 4) is 11.1 Å². The number of aromatic nitrogens is 3. The van der Waals surface area contributed by atoms with Gasteiger partial charge in [-0.15, -0.1) is 11.3 Å². The number of alkyl carbamates (subject to hydrolysis) is 1. The van der Waals surface area contributed by atoms with Gasteiger partial charge in [-0.05, 0) is 44.5 Å². The highest BCUT2D eigenvalue weighted by Gasteiger charge is 2.23. The van der Waals surface area contributed by atoms with Crippen LogP contribution in [0.25, 0.3) is 11.1 Å². The number of ether oxygens (including phenoxy) is 1. The standard InChI is InChI=1S/C19H21FN4O4S2/c1-19(2,3)28-18(25)22-9-16-21-10-17(29-16)30(26,27)15-6-12(5-14(20)7-15)13-8-23-24(4)11-13/h5-8,10-11H,9H2,1-4H3,(H,22,25). The van der Waals surface area contributed by atoms with Crippen LogP contribution in [-0.2, 0) is 28.2 Å². The molecule has 0 radical (unpaired) electrons. The Morgan fingerprint density at radius 3 is 2.60 bits per heavy atom. The van der Waals surface area contributed by atoms with Gasteiger partial charge in [-0.2, -0.15) is 5.10 Å². The van der Waals surface area contributed by atoms with E-state index in [1.165, 1.54) is 24.5 Å². The van der Waals surface area contributed by atoms with Crippen LogP contribution in [0.3, 0.4) is 0 Å². The zero-order valence-electron chi connectivity index (χ0n) is 16.8. The van der Waals surface area contributed by atoms with Crippen molar-refractivity contribution in [2.24, 2.45) is 7.05 Å². The maximum Gasteiger partial charge on any atom is 0.408 e. The number of hydrogen-bond donors (Lipinski definition) is 1. The number of hydrogen-bond acceptors (Lipinski definition) is 7. The number of sulfone groups is 1. The molecular weight excluding hydrogens is 431 g/mol. The van der Waals surface area contributed by atoms with Crippen molar-refractivity contribution in [1.29, 1.82) is 0 Å². The van der Waals surface area contributed by atoms with Crippen LogP contribution < -0.4 is 5.32 Å². The molecule has 8 nitrogen and oxygen atoms in total. The topological polar surface area (TPSA) is 103 Å². The Kier molecular flexibility index (Phi) is 5.95. The molecule has 11 heteroatoms. The molecular formula is C19H21FN4O4S2. The first-order valence-electron chi connectivity index (χ1n) is 8.90. The summed E-state index contributed by atoms with van der Waals surface area (Å²) in [7, 11) is -2.27. The Morgan fingerprint density at radius 1 is 1.23 bits per heavy atom. The van der Waals surface area contributed by atoms with Crippen LogP contribution in [0.15, 0.2) is 45.9 Å². The molecule has 0 saturated heterocycles. The van der Waals surface area contributed by atoms with Gasteiger partial charge in [-0.25, -0.2) is 22.6 Å². The number of nitrogens with zero attached hydrogens (tertiary/aromatic N) is 3. The van der Waals surface area contributed by atoms with E-state index in [9.17, 15) is 17.6 Å². The lowest BCUT2D eigenvalue weighted by molar-refractivity contribution is 0.0523. The maximum atomic E-state index is 14.2. The van der Waals surface area contributed by atoms with Crippen molar-refractivity contribution < 1.29 is 22.3 Å². The number of carbonyl (C=O) groups is 1. The second kappa shape index (κ2) is 8.15. The summed E-state index contributed by atoms with van der Waals surface area (Å²) in [6.07, 6.45) is 3.76. The Morgan fingerprint density at radius 2 is 1.97 bits per heavy atom. The van der Waals surface area contributed by atoms with E-state index in [-0.39, 0.29) is 15.6 Å². The zero-order chi connectivity index (χ0) is 22.1. The van der Waals surface area contributed by atoms with Gasteiger partial charge < -0.3 is 10.1 Å². The van der Waals surface area contributed by atoms with Crippen molar-refractivity contribution >= 4 is 27.3 Å². The van der Waals surface area contributed by atoms with E-state index in [1.807, 2.05) is 0 Å². The summed E-state index contributed by atoms with van der Waals surface area (Å²) < 4.78 is 46.7. The number of nitrogens with one attached hydrogen (secondary N) is 1. The Bertz CT molecular complexity index is 1180. The van der Waals surface area contributed by atoms with Crippen molar-refractivity contribution in [3.05, 3.63) is 47.6 Å². The molecule has 0 unspecified atom stereocenters. The van der Waals surface area contributed by atoms with E-state index in [2.05, 4.69) is 15.4 Å². The predicted molar refractivity (Wildman–Crippen MR) is 109 cm³/mol. The molecule has 1 N–H and O–H groups in total. The molecule has 0 spiro atoms. The molecule has 3 aromatic rings. The summed E-state index contributed by atoms with van der Waals surface area (Å²) in [5.74, 6) is -0.675. The Hall–Kier alpha value is -2.79. The number of thiazole rings is 1. The Labute approximate surface area is 177 Å². The van der Waals surface area contributed by atoms with E-state index >= 15 is 0 Å². The summed E-state index contributed by atoms with van der Waals surface area (Å²) in [6, 6.07) is 3.61. The van der Waals surface area contributed by atoms with Gasteiger partial charge in [0.2, 0.25) is 9.84 Å². The third-order valence-electron chi connectivity index (χ3n) is 3.80. The van der Waals surface area contributed by atoms with Crippen LogP contribution in [0.4, 0.5) is 9.18 Å². The highest BCUT2D eigenvalue weighted by atomic mass is 32.2. The highest BCUT2D eigenvalue weighted by molar-refractivity contribution is 7.93. The molecule has 0 atom stereocenters. The number of carbonyl (C=O) groups excluding carboxylic acids is 1. The van der Waals surface area contributed by atoms with Crippen molar-refractivity contribution in [3.63, 3.8) is 0 Å². The number of amides is 1. The first kappa shape index (κ1) is 21.9. The molecule has 2 aromatic heterocycles. The summed E-state index contributed by atoms with van der Waals surface area (Å²) in [6.45, 7) is 5.22. The molecule has 0 bridgehead atoms. The number of benzene rings is 1. The summed E-state index contributed by atoms with van der Waals surface area (Å²) in [5, 5.41) is 6.93. The SMILES string of the molecule is Cn1cc(-c2cc(F)cc(S(=O)(=O)c3cnc(CNC(=O)OC(C)(C)C)s3)c2)cn1. The maximum absolute atomic E-state index is 14.2. The molecule has 1 amide bonds. The Balaban J connectivity index is 1.81. The number of aryl methyl sites for hydroxylation is 1. The second-order valence-electron chi connectivity index (χ2n) is 7.51. The molecule has 0 saturated carbocycles. The van der Waals surface area contributed by atoms with Gasteiger partial charge in [0.1, 0.15) is 20.6 Å². The average molecular weight is 453 g/mol. The average Bonchev–Trinajstić information content (AvgIpc) is 3.27. The molecule has 0 aliphatic rings. The first-order chi connectivity index (χ1) is 13.9. The van der Waals surface area contributed by atoms with Crippen LogP contribution in [0.5, 0.6) is 0 Å². The van der Waals surface area contributed by atoms with Crippen LogP contribution in [0.1, 0.15) is 25.8 Å². The first-order valence-corrected chi connectivity index (χ1v) is 11.2. The van der Waals surface area contributed by atoms with Gasteiger partial charge in [0.05, 0.1) is 23.8 Å². The highest BCUT2D eigenvalue weighted by Crippen LogP contribution is 2.30. The molecule has 160 valence electrons. The van der Waals surface area contributed by atoms with Gasteiger partial charge in [-0.1, -0.05) is 0 Å². The fraction of sp³-hybridized carbons (Fsp3) is 0.316. The minimum atomic E-state index is -3.99. The number of rotatable bonds is 5. The van der Waals surface area contributed by atoms with Crippen LogP contribution in [0.2, 0.25) is 0 Å². The minimum absolute atomic E-state index is 0.0131. The van der Waals surface area contributed by atoms with Crippen molar-refractivity contribution in [2.75, 3.05) is 0 Å². The largest absolute Gasteiger partial charge is 0.444 e. The van der Waals surface area contributed by atoms with Gasteiger partial charge in [0.25, 0.3) is 0 Å². The van der Waals surface area contributed by atoms with E-state index in [0.717, 1.165) is 17.4 Å². The molecule has 30 heavy (non-hydrogen) atoms. The summed E-state index contributed by atoms with van der Waals surface area (Å²) >= 11 is 0.898. The van der Waals surface area contributed by atoms with E-state index < -0.39 is 27.3 Å². The van der Waals surface area contributed by atoms with Gasteiger partial charge >= 0.3 is 6.09 Å². The normalized spacial score (nSPS) is 12.0. The molecule has 1 aromatic carbocycles. The van der Waals surface area contributed by atoms with Crippen molar-refractivity contribution in [1.82, 2.24) is 20.1 Å². The van der Waals surface area contributed by atoms with E-state index in [1.54, 1.807) is 38.7 Å². The minimum Gasteiger partial charge on any atom is -0.444 e. The molecule has 2 heterocycles. The summed E-state index contributed by atoms with van der Waals surface area (Å²) in [5.41, 5.74) is 0.350. The lowest BCUT2D eigenvalue weighted by atomic mass is 10.1. The van der Waals surface area contributed by atoms with Gasteiger partial charge in [-0.3, -0.25) is 4.68 Å². The van der Waals surface area contributed by atoms with Gasteiger partial charge in [0.15, 0.2) is 0 Å². The fourth-order valence-electron chi connectivity index (χ4n) is 2.53. The van der Waals surface area contributed by atoms with Crippen LogP contribution >= 0.6 is 11.3 Å². The third-order valence-corrected chi connectivity index (χ3v) is 6.99. The lowest BCUT2D eigenvalue weighted by Crippen LogP contribution is -2.32.